The third kappa shape index (κ3) is 208. The monoisotopic (exact) mass is 1880 g/mol. The van der Waals surface area contributed by atoms with E-state index < -0.39 is 28.1 Å². The van der Waals surface area contributed by atoms with Crippen molar-refractivity contribution in [2.24, 2.45) is 0 Å². The summed E-state index contributed by atoms with van der Waals surface area (Å²) in [7, 11) is 1.15. The molecule has 2 N–H and O–H groups in total. The molecule has 0 atom stereocenters. The standard InChI is InChI=1S/C18H26O2.C18H16O2.C14H13Br.C10H14O.C10H16Si.C9H11Br.C7H8.C6H11BrSi.C5H6O2.C4H6.C3H7BrO/c2*1-2-3-4-5-6-7-8-9-10-11-12-13-14-15-16-17-18(19)20;1-2-3-4-5-6-7-8-9-10-11-12-13-14-15;1-3-4-5-6-7-8-9-10-11-2;1-5-6-7-8-9-10-11(2,3)4;1-2-3-4-5-6-7-8-9-10;1-3-5-7-6-4-2;1-8(2,3)6-4-5-7;1-2-3-4-7-5-6;1-3-4-2;1-5-3-2-4/h3-4,6-7,9-10,12-13,15-16H,2,5,8,11,14,17H2,1H3,(H,19,20);2,5,8,11,14,17H2,1H3,(H,19,20);2,5,8,11,14H2,1H3;3,6,9-10H2,1-2H3;5,8H2,1-4H3;2,5,8-9H2,1H3;1H,4-5H2,2H3;5H2,1-3H3;5H,4H2,1H3;1H,4H2,2H3;2-3H2,1H3/b4-3-,7-6-,10-9-,13-12-,16-15-;;;;;;;;;;. The predicted octanol–water partition coefficient (Wildman–Crippen LogP) is 23.6. The molecule has 0 aromatic carbocycles. The number of carboxylic acid groups (broad SMARTS) is 2. The molecular weight excluding hydrogens is 1750 g/mol. The second kappa shape index (κ2) is 137. The van der Waals surface area contributed by atoms with Gasteiger partial charge in [-0.25, -0.2) is 0 Å². The van der Waals surface area contributed by atoms with Gasteiger partial charge in [-0.05, 0) is 39.0 Å². The van der Waals surface area contributed by atoms with Crippen LogP contribution < -0.4 is 0 Å². The molecule has 0 aromatic rings. The van der Waals surface area contributed by atoms with E-state index in [1.807, 2.05) is 53.7 Å². The largest absolute Gasteiger partial charge is 0.481 e. The number of carbonyl (C=O) groups excluding carboxylic acids is 1. The van der Waals surface area contributed by atoms with Crippen molar-refractivity contribution in [3.63, 3.8) is 0 Å². The van der Waals surface area contributed by atoms with Crippen molar-refractivity contribution < 1.29 is 38.8 Å². The maximum atomic E-state index is 10.2. The Balaban J connectivity index is -0.000000122. The van der Waals surface area contributed by atoms with Gasteiger partial charge in [0.15, 0.2) is 6.61 Å². The minimum absolute atomic E-state index is 0.105. The van der Waals surface area contributed by atoms with Gasteiger partial charge in [0, 0.05) is 82.7 Å². The Hall–Kier alpha value is -9.42. The molecule has 0 saturated carbocycles. The number of carboxylic acids is 2. The lowest BCUT2D eigenvalue weighted by Crippen LogP contribution is -2.16. The van der Waals surface area contributed by atoms with Crippen molar-refractivity contribution in [3.05, 3.63) is 60.8 Å². The van der Waals surface area contributed by atoms with E-state index in [4.69, 9.17) is 27.8 Å². The SMILES string of the molecule is C#CCC.C#CCC#CCC.CC#CCOC=O.CC/C=C\C/C=C\C/C=C\C/C=C\C/C=C\CC(=O)O.CCC#CCC#CCC#CCC#CCBr.CCC#CCC#CCC#CCC#CCC#CCC(=O)O.CCC#CCC#CCCBr.CCC#CCC#CCCOC.CCC#CCC#C[Si](C)(C)C.COCCBr.C[Si](C)(C)C#CCBr. The molecule has 0 amide bonds. The zero-order valence-electron chi connectivity index (χ0n) is 74.4. The number of hydrogen-bond acceptors (Lipinski definition) is 6. The van der Waals surface area contributed by atoms with Gasteiger partial charge >= 0.3 is 11.9 Å². The summed E-state index contributed by atoms with van der Waals surface area (Å²) in [4.78, 5) is 29.8. The number of aliphatic carboxylic acids is 2. The molecule has 0 rings (SSSR count). The van der Waals surface area contributed by atoms with Gasteiger partial charge in [-0.15, -0.1) is 77.2 Å². The maximum Gasteiger partial charge on any atom is 0.315 e. The van der Waals surface area contributed by atoms with Crippen LogP contribution in [0.1, 0.15) is 236 Å². The third-order valence-corrected chi connectivity index (χ3v) is 13.3. The average molecular weight is 1890 g/mol. The number of halogens is 4. The van der Waals surface area contributed by atoms with Crippen molar-refractivity contribution in [2.75, 3.05) is 55.4 Å². The summed E-state index contributed by atoms with van der Waals surface area (Å²) in [5.74, 6) is 102. The van der Waals surface area contributed by atoms with Gasteiger partial charge in [0.25, 0.3) is 6.47 Å². The lowest BCUT2D eigenvalue weighted by Gasteiger charge is -2.02. The fourth-order valence-electron chi connectivity index (χ4n) is 5.32. The maximum absolute atomic E-state index is 10.2. The summed E-state index contributed by atoms with van der Waals surface area (Å²) in [6.45, 7) is 33.5. The van der Waals surface area contributed by atoms with Crippen LogP contribution in [0.15, 0.2) is 60.8 Å². The highest BCUT2D eigenvalue weighted by molar-refractivity contribution is 9.09. The molecule has 0 bridgehead atoms. The van der Waals surface area contributed by atoms with Gasteiger partial charge in [-0.1, -0.05) is 379 Å². The van der Waals surface area contributed by atoms with E-state index in [2.05, 4.69) is 393 Å². The van der Waals surface area contributed by atoms with E-state index in [0.717, 1.165) is 125 Å². The van der Waals surface area contributed by atoms with Gasteiger partial charge in [0.1, 0.15) is 22.6 Å². The fraction of sp³-hybridized carbons (Fsp3) is 0.490. The molecule has 0 radical (unpaired) electrons. The van der Waals surface area contributed by atoms with E-state index >= 15 is 0 Å². The summed E-state index contributed by atoms with van der Waals surface area (Å²) in [6.07, 6.45) is 49.9. The van der Waals surface area contributed by atoms with Crippen LogP contribution in [0.25, 0.3) is 0 Å². The van der Waals surface area contributed by atoms with Crippen LogP contribution in [0.4, 0.5) is 0 Å². The Kier molecular flexibility index (Phi) is 153. The second-order valence-corrected chi connectivity index (χ2v) is 35.3. The van der Waals surface area contributed by atoms with E-state index in [9.17, 15) is 14.4 Å². The van der Waals surface area contributed by atoms with Crippen molar-refractivity contribution in [3.8, 4) is 237 Å². The quantitative estimate of drug-likeness (QED) is 0.0328. The number of carbonyl (C=O) groups is 3. The highest BCUT2D eigenvalue weighted by Gasteiger charge is 2.07. The molecule has 0 aliphatic rings. The van der Waals surface area contributed by atoms with E-state index in [1.54, 1.807) is 27.2 Å². The Morgan fingerprint density at radius 2 is 0.653 bits per heavy atom. The van der Waals surface area contributed by atoms with Gasteiger partial charge in [-0.2, -0.15) is 0 Å². The Labute approximate surface area is 759 Å². The van der Waals surface area contributed by atoms with E-state index in [-0.39, 0.29) is 19.4 Å². The van der Waals surface area contributed by atoms with E-state index in [1.165, 1.54) is 0 Å². The minimum Gasteiger partial charge on any atom is -0.481 e. The molecule has 0 fully saturated rings. The number of methoxy groups -OCH3 is 2. The molecule has 0 heterocycles. The van der Waals surface area contributed by atoms with Crippen molar-refractivity contribution in [1.82, 2.24) is 0 Å². The van der Waals surface area contributed by atoms with Crippen LogP contribution in [0.2, 0.25) is 39.3 Å². The highest BCUT2D eigenvalue weighted by Crippen LogP contribution is 1.99. The zero-order valence-corrected chi connectivity index (χ0v) is 82.7. The Morgan fingerprint density at radius 3 is 0.915 bits per heavy atom. The number of alkyl halides is 4. The summed E-state index contributed by atoms with van der Waals surface area (Å²) in [6, 6.07) is 0. The Morgan fingerprint density at radius 1 is 0.347 bits per heavy atom. The summed E-state index contributed by atoms with van der Waals surface area (Å²) < 4.78 is 13.7. The number of ether oxygens (including phenoxy) is 3. The lowest BCUT2D eigenvalue weighted by molar-refractivity contribution is -0.136. The smallest absolute Gasteiger partial charge is 0.315 e. The normalized spacial score (nSPS) is 8.19. The van der Waals surface area contributed by atoms with Crippen LogP contribution >= 0.6 is 63.7 Å². The van der Waals surface area contributed by atoms with Gasteiger partial charge < -0.3 is 24.4 Å². The van der Waals surface area contributed by atoms with Gasteiger partial charge in [0.2, 0.25) is 0 Å². The molecule has 118 heavy (non-hydrogen) atoms. The summed E-state index contributed by atoms with van der Waals surface area (Å²) in [5.41, 5.74) is 6.48. The number of hydrogen-bond donors (Lipinski definition) is 2. The van der Waals surface area contributed by atoms with Crippen LogP contribution in [-0.4, -0.2) is 100 Å². The molecule has 8 nitrogen and oxygen atoms in total. The second-order valence-electron chi connectivity index (χ2n) is 23.1. The average Bonchev–Trinajstić information content (AvgIpc) is 1.00. The molecule has 0 spiro atoms. The van der Waals surface area contributed by atoms with Crippen molar-refractivity contribution in [2.45, 2.75) is 275 Å². The number of rotatable bonds is 19. The molecule has 0 aliphatic heterocycles. The lowest BCUT2D eigenvalue weighted by atomic mass is 10.2. The molecule has 0 unspecified atom stereocenters. The summed E-state index contributed by atoms with van der Waals surface area (Å²) >= 11 is 12.9. The predicted molar refractivity (Wildman–Crippen MR) is 532 cm³/mol. The molecular formula is C104H134Br4O8Si2. The van der Waals surface area contributed by atoms with Crippen LogP contribution in [0, 0.1) is 237 Å². The highest BCUT2D eigenvalue weighted by atomic mass is 79.9. The van der Waals surface area contributed by atoms with Crippen LogP contribution in [0.5, 0.6) is 0 Å². The van der Waals surface area contributed by atoms with E-state index in [0.29, 0.717) is 76.2 Å². The molecule has 0 aliphatic carbocycles. The first-order valence-electron chi connectivity index (χ1n) is 39.1. The molecule has 0 saturated heterocycles. The number of terminal acetylenes is 2. The minimum atomic E-state index is -1.15. The van der Waals surface area contributed by atoms with Crippen molar-refractivity contribution >= 4 is 98.3 Å². The zero-order chi connectivity index (χ0) is 91.0. The first-order valence-corrected chi connectivity index (χ1v) is 50.6. The van der Waals surface area contributed by atoms with Crippen LogP contribution in [0.3, 0.4) is 0 Å². The first kappa shape index (κ1) is 132. The molecule has 14 heteroatoms. The number of allylic oxidation sites excluding steroid dienone is 9. The van der Waals surface area contributed by atoms with Gasteiger partial charge in [0.05, 0.1) is 101 Å². The van der Waals surface area contributed by atoms with Crippen molar-refractivity contribution in [1.29, 1.82) is 0 Å². The molecule has 0 aromatic heterocycles. The summed E-state index contributed by atoms with van der Waals surface area (Å²) in [5, 5.41) is 20.2. The third-order valence-electron chi connectivity index (χ3n) is 10.2. The topological polar surface area (TPSA) is 119 Å². The van der Waals surface area contributed by atoms with Gasteiger partial charge in [-0.3, -0.25) is 14.4 Å². The Bertz CT molecular complexity index is 3940. The fourth-order valence-corrected chi connectivity index (χ4v) is 7.68. The van der Waals surface area contributed by atoms with Crippen LogP contribution in [-0.2, 0) is 28.6 Å². The first-order chi connectivity index (χ1) is 57.1. The molecule has 634 valence electrons.